The van der Waals surface area contributed by atoms with Crippen LogP contribution in [0.2, 0.25) is 0 Å². The Morgan fingerprint density at radius 1 is 1.23 bits per heavy atom. The fraction of sp³-hybridized carbons (Fsp3) is 0.200. The average Bonchev–Trinajstić information content (AvgIpc) is 2.63. The molecule has 1 atom stereocenters. The van der Waals surface area contributed by atoms with Gasteiger partial charge in [-0.3, -0.25) is 9.59 Å². The summed E-state index contributed by atoms with van der Waals surface area (Å²) in [6.45, 7) is 1.87. The molecule has 1 heterocycles. The van der Waals surface area contributed by atoms with Crippen LogP contribution in [0.1, 0.15) is 23.5 Å². The Morgan fingerprint density at radius 2 is 1.96 bits per heavy atom. The van der Waals surface area contributed by atoms with E-state index in [9.17, 15) is 14.0 Å². The van der Waals surface area contributed by atoms with Crippen LogP contribution in [0.3, 0.4) is 0 Å². The van der Waals surface area contributed by atoms with Gasteiger partial charge in [-0.25, -0.2) is 4.39 Å². The molecule has 0 unspecified atom stereocenters. The summed E-state index contributed by atoms with van der Waals surface area (Å²) in [7, 11) is 1.58. The van der Waals surface area contributed by atoms with Gasteiger partial charge < -0.3 is 15.4 Å². The summed E-state index contributed by atoms with van der Waals surface area (Å²) >= 11 is 0. The maximum Gasteiger partial charge on any atom is 0.253 e. The summed E-state index contributed by atoms with van der Waals surface area (Å²) in [4.78, 5) is 24.6. The van der Waals surface area contributed by atoms with Gasteiger partial charge in [-0.05, 0) is 48.4 Å². The number of benzene rings is 2. The molecular formula is C20H19FN2O3. The molecule has 0 saturated carbocycles. The van der Waals surface area contributed by atoms with E-state index in [2.05, 4.69) is 10.6 Å². The normalized spacial score (nSPS) is 16.5. The molecule has 2 aromatic carbocycles. The molecule has 2 aromatic rings. The van der Waals surface area contributed by atoms with E-state index in [-0.39, 0.29) is 24.1 Å². The van der Waals surface area contributed by atoms with Crippen molar-refractivity contribution in [1.82, 2.24) is 5.32 Å². The Bertz CT molecular complexity index is 875. The number of rotatable bonds is 4. The Morgan fingerprint density at radius 3 is 2.62 bits per heavy atom. The topological polar surface area (TPSA) is 67.4 Å². The van der Waals surface area contributed by atoms with Crippen LogP contribution in [-0.4, -0.2) is 18.9 Å². The van der Waals surface area contributed by atoms with E-state index in [0.717, 1.165) is 5.56 Å². The molecule has 2 amide bonds. The van der Waals surface area contributed by atoms with Gasteiger partial charge in [0.2, 0.25) is 5.91 Å². The Balaban J connectivity index is 1.86. The third-order valence-corrected chi connectivity index (χ3v) is 4.37. The smallest absolute Gasteiger partial charge is 0.253 e. The van der Waals surface area contributed by atoms with Gasteiger partial charge in [0.25, 0.3) is 5.91 Å². The van der Waals surface area contributed by atoms with Crippen molar-refractivity contribution in [1.29, 1.82) is 0 Å². The van der Waals surface area contributed by atoms with Crippen molar-refractivity contribution < 1.29 is 18.7 Å². The molecule has 5 nitrogen and oxygen atoms in total. The van der Waals surface area contributed by atoms with Crippen LogP contribution in [0.25, 0.3) is 0 Å². The van der Waals surface area contributed by atoms with Crippen molar-refractivity contribution >= 4 is 17.5 Å². The van der Waals surface area contributed by atoms with Crippen molar-refractivity contribution in [2.24, 2.45) is 0 Å². The number of hydrogen-bond donors (Lipinski definition) is 2. The van der Waals surface area contributed by atoms with E-state index in [0.29, 0.717) is 22.6 Å². The molecule has 0 aliphatic carbocycles. The highest BCUT2D eigenvalue weighted by molar-refractivity contribution is 6.06. The molecule has 6 heteroatoms. The van der Waals surface area contributed by atoms with Crippen LogP contribution in [-0.2, 0) is 9.59 Å². The van der Waals surface area contributed by atoms with E-state index in [1.54, 1.807) is 31.4 Å². The predicted octanol–water partition coefficient (Wildman–Crippen LogP) is 3.27. The van der Waals surface area contributed by atoms with Gasteiger partial charge >= 0.3 is 0 Å². The van der Waals surface area contributed by atoms with Gasteiger partial charge in [0.15, 0.2) is 0 Å². The van der Waals surface area contributed by atoms with Gasteiger partial charge in [0.05, 0.1) is 7.11 Å². The third kappa shape index (κ3) is 3.74. The quantitative estimate of drug-likeness (QED) is 0.886. The monoisotopic (exact) mass is 354 g/mol. The predicted molar refractivity (Wildman–Crippen MR) is 96.3 cm³/mol. The number of methoxy groups -OCH3 is 1. The summed E-state index contributed by atoms with van der Waals surface area (Å²) in [5, 5.41) is 5.46. The fourth-order valence-electron chi connectivity index (χ4n) is 2.93. The summed E-state index contributed by atoms with van der Waals surface area (Å²) in [6.07, 6.45) is 1.56. The number of ether oxygens (including phenoxy) is 1. The van der Waals surface area contributed by atoms with Crippen LogP contribution in [0, 0.1) is 12.7 Å². The molecule has 2 N–H and O–H groups in total. The number of aryl methyl sites for hydroxylation is 1. The zero-order valence-corrected chi connectivity index (χ0v) is 14.5. The van der Waals surface area contributed by atoms with Crippen molar-refractivity contribution in [2.45, 2.75) is 19.3 Å². The number of carbonyl (C=O) groups is 2. The molecular weight excluding hydrogens is 335 g/mol. The molecule has 1 aliphatic rings. The van der Waals surface area contributed by atoms with Crippen molar-refractivity contribution in [3.8, 4) is 5.75 Å². The van der Waals surface area contributed by atoms with Crippen molar-refractivity contribution in [3.63, 3.8) is 0 Å². The fourth-order valence-corrected chi connectivity index (χ4v) is 2.93. The Kier molecular flexibility index (Phi) is 5.02. The molecule has 26 heavy (non-hydrogen) atoms. The highest BCUT2D eigenvalue weighted by Gasteiger charge is 2.29. The van der Waals surface area contributed by atoms with Crippen LogP contribution in [0.4, 0.5) is 10.1 Å². The maximum absolute atomic E-state index is 13.2. The van der Waals surface area contributed by atoms with Crippen molar-refractivity contribution in [3.05, 3.63) is 71.2 Å². The number of hydrogen-bond acceptors (Lipinski definition) is 3. The highest BCUT2D eigenvalue weighted by Crippen LogP contribution is 2.31. The lowest BCUT2D eigenvalue weighted by atomic mass is 9.86. The number of amides is 2. The number of nitrogens with one attached hydrogen (secondary N) is 2. The lowest BCUT2D eigenvalue weighted by molar-refractivity contribution is -0.121. The molecule has 0 radical (unpaired) electrons. The molecule has 0 fully saturated rings. The minimum Gasteiger partial charge on any atom is -0.497 e. The van der Waals surface area contributed by atoms with E-state index in [1.807, 2.05) is 13.0 Å². The second kappa shape index (κ2) is 7.39. The summed E-state index contributed by atoms with van der Waals surface area (Å²) in [5.74, 6) is -0.585. The SMILES string of the molecule is COc1ccc(NC(=O)C2=CNC(=O)C[C@H]2c2ccc(F)cc2)c(C)c1. The summed E-state index contributed by atoms with van der Waals surface area (Å²) < 4.78 is 18.4. The lowest BCUT2D eigenvalue weighted by Gasteiger charge is -2.24. The zero-order chi connectivity index (χ0) is 18.7. The Labute approximate surface area is 150 Å². The first-order chi connectivity index (χ1) is 12.5. The lowest BCUT2D eigenvalue weighted by Crippen LogP contribution is -2.32. The van der Waals surface area contributed by atoms with Gasteiger partial charge in [-0.2, -0.15) is 0 Å². The molecule has 0 saturated heterocycles. The second-order valence-electron chi connectivity index (χ2n) is 6.11. The van der Waals surface area contributed by atoms with Crippen molar-refractivity contribution in [2.75, 3.05) is 12.4 Å². The summed E-state index contributed by atoms with van der Waals surface area (Å²) in [6, 6.07) is 11.2. The molecule has 1 aliphatic heterocycles. The van der Waals surface area contributed by atoms with Gasteiger partial charge in [0, 0.05) is 29.8 Å². The van der Waals surface area contributed by atoms with Crippen LogP contribution >= 0.6 is 0 Å². The molecule has 0 aromatic heterocycles. The number of anilines is 1. The largest absolute Gasteiger partial charge is 0.497 e. The zero-order valence-electron chi connectivity index (χ0n) is 14.5. The third-order valence-electron chi connectivity index (χ3n) is 4.37. The molecule has 134 valence electrons. The first kappa shape index (κ1) is 17.7. The first-order valence-electron chi connectivity index (χ1n) is 8.19. The molecule has 0 bridgehead atoms. The number of halogens is 1. The minimum atomic E-state index is -0.428. The van der Waals surface area contributed by atoms with Crippen LogP contribution < -0.4 is 15.4 Å². The van der Waals surface area contributed by atoms with Gasteiger partial charge in [-0.15, -0.1) is 0 Å². The summed E-state index contributed by atoms with van der Waals surface area (Å²) in [5.41, 5.74) is 2.66. The van der Waals surface area contributed by atoms with E-state index in [4.69, 9.17) is 4.74 Å². The maximum atomic E-state index is 13.2. The highest BCUT2D eigenvalue weighted by atomic mass is 19.1. The standard InChI is InChI=1S/C20H19FN2O3/c1-12-9-15(26-2)7-8-18(12)23-20(25)17-11-22-19(24)10-16(17)13-3-5-14(21)6-4-13/h3-9,11,16H,10H2,1-2H3,(H,22,24)(H,23,25)/t16-/m0/s1. The average molecular weight is 354 g/mol. The van der Waals surface area contributed by atoms with E-state index >= 15 is 0 Å². The molecule has 0 spiro atoms. The van der Waals surface area contributed by atoms with E-state index < -0.39 is 5.92 Å². The molecule has 3 rings (SSSR count). The van der Waals surface area contributed by atoms with Gasteiger partial charge in [-0.1, -0.05) is 12.1 Å². The number of carbonyl (C=O) groups excluding carboxylic acids is 2. The van der Waals surface area contributed by atoms with Crippen LogP contribution in [0.15, 0.2) is 54.2 Å². The first-order valence-corrected chi connectivity index (χ1v) is 8.19. The second-order valence-corrected chi connectivity index (χ2v) is 6.11. The van der Waals surface area contributed by atoms with Crippen LogP contribution in [0.5, 0.6) is 5.75 Å². The van der Waals surface area contributed by atoms with E-state index in [1.165, 1.54) is 18.3 Å². The Hall–Kier alpha value is -3.15. The minimum absolute atomic E-state index is 0.131. The van der Waals surface area contributed by atoms with Gasteiger partial charge in [0.1, 0.15) is 11.6 Å².